The minimum atomic E-state index is -0.0579. The molecule has 4 heteroatoms. The minimum absolute atomic E-state index is 0.0579. The molecule has 0 atom stereocenters. The fourth-order valence-electron chi connectivity index (χ4n) is 2.00. The van der Waals surface area contributed by atoms with Gasteiger partial charge in [-0.1, -0.05) is 36.4 Å². The number of carbonyl (C=O) groups excluding carboxylic acids is 1. The summed E-state index contributed by atoms with van der Waals surface area (Å²) in [5, 5.41) is 8.67. The van der Waals surface area contributed by atoms with Gasteiger partial charge in [0, 0.05) is 33.7 Å². The Morgan fingerprint density at radius 2 is 1.80 bits per heavy atom. The number of hydrogen-bond donors (Lipinski definition) is 2. The quantitative estimate of drug-likeness (QED) is 0.819. The fraction of sp³-hybridized carbons (Fsp3) is 0.312. The first-order valence-corrected chi connectivity index (χ1v) is 6.80. The van der Waals surface area contributed by atoms with Crippen LogP contribution in [-0.4, -0.2) is 38.1 Å². The summed E-state index contributed by atoms with van der Waals surface area (Å²) < 4.78 is 0. The van der Waals surface area contributed by atoms with Crippen LogP contribution in [0.4, 0.5) is 4.79 Å². The third-order valence-electron chi connectivity index (χ3n) is 3.13. The van der Waals surface area contributed by atoms with Crippen molar-refractivity contribution < 1.29 is 4.79 Å². The smallest absolute Gasteiger partial charge is 0.316 e. The zero-order valence-electron chi connectivity index (χ0n) is 12.0. The summed E-state index contributed by atoms with van der Waals surface area (Å²) in [5.41, 5.74) is 1.25. The number of hydrogen-bond acceptors (Lipinski definition) is 2. The molecule has 2 amide bonds. The van der Waals surface area contributed by atoms with E-state index in [0.717, 1.165) is 13.1 Å². The third kappa shape index (κ3) is 3.96. The molecule has 0 saturated carbocycles. The molecule has 0 saturated heterocycles. The van der Waals surface area contributed by atoms with Gasteiger partial charge in [-0.2, -0.15) is 0 Å². The first kappa shape index (κ1) is 14.3. The van der Waals surface area contributed by atoms with Crippen molar-refractivity contribution in [2.45, 2.75) is 6.54 Å². The Morgan fingerprint density at radius 1 is 1.05 bits per heavy atom. The van der Waals surface area contributed by atoms with Crippen LogP contribution in [0.25, 0.3) is 10.8 Å². The normalized spacial score (nSPS) is 10.5. The molecule has 0 spiro atoms. The number of urea groups is 1. The van der Waals surface area contributed by atoms with Crippen molar-refractivity contribution in [3.63, 3.8) is 0 Å². The second kappa shape index (κ2) is 6.91. The SMILES string of the molecule is CN(C)C(=O)NCCNCc1ccc2ccccc2c1. The average Bonchev–Trinajstić information content (AvgIpc) is 2.46. The molecule has 0 fully saturated rings. The van der Waals surface area contributed by atoms with Gasteiger partial charge in [-0.25, -0.2) is 4.79 Å². The van der Waals surface area contributed by atoms with E-state index in [4.69, 9.17) is 0 Å². The van der Waals surface area contributed by atoms with Gasteiger partial charge in [-0.15, -0.1) is 0 Å². The number of amides is 2. The van der Waals surface area contributed by atoms with E-state index >= 15 is 0 Å². The van der Waals surface area contributed by atoms with Gasteiger partial charge in [0.2, 0.25) is 0 Å². The van der Waals surface area contributed by atoms with E-state index < -0.39 is 0 Å². The molecular formula is C16H21N3O. The van der Waals surface area contributed by atoms with Crippen LogP contribution in [0.3, 0.4) is 0 Å². The largest absolute Gasteiger partial charge is 0.337 e. The van der Waals surface area contributed by atoms with Crippen LogP contribution in [0.2, 0.25) is 0 Å². The first-order chi connectivity index (χ1) is 9.66. The molecule has 0 aromatic heterocycles. The number of nitrogens with zero attached hydrogens (tertiary/aromatic N) is 1. The molecule has 2 aromatic rings. The lowest BCUT2D eigenvalue weighted by Gasteiger charge is -2.12. The monoisotopic (exact) mass is 271 g/mol. The predicted molar refractivity (Wildman–Crippen MR) is 82.7 cm³/mol. The first-order valence-electron chi connectivity index (χ1n) is 6.80. The summed E-state index contributed by atoms with van der Waals surface area (Å²) in [4.78, 5) is 12.8. The summed E-state index contributed by atoms with van der Waals surface area (Å²) in [6.07, 6.45) is 0. The summed E-state index contributed by atoms with van der Waals surface area (Å²) in [6, 6.07) is 14.7. The van der Waals surface area contributed by atoms with E-state index in [9.17, 15) is 4.79 Å². The Kier molecular flexibility index (Phi) is 4.96. The Hall–Kier alpha value is -2.07. The molecule has 2 rings (SSSR count). The van der Waals surface area contributed by atoms with Gasteiger partial charge in [0.05, 0.1) is 0 Å². The molecule has 106 valence electrons. The maximum absolute atomic E-state index is 11.3. The van der Waals surface area contributed by atoms with Gasteiger partial charge in [-0.05, 0) is 22.4 Å². The zero-order valence-corrected chi connectivity index (χ0v) is 12.0. The van der Waals surface area contributed by atoms with Gasteiger partial charge in [-0.3, -0.25) is 0 Å². The Labute approximate surface area is 119 Å². The van der Waals surface area contributed by atoms with E-state index in [0.29, 0.717) is 6.54 Å². The molecule has 0 heterocycles. The van der Waals surface area contributed by atoms with Crippen LogP contribution in [0.1, 0.15) is 5.56 Å². The molecular weight excluding hydrogens is 250 g/mol. The van der Waals surface area contributed by atoms with Gasteiger partial charge in [0.1, 0.15) is 0 Å². The van der Waals surface area contributed by atoms with Gasteiger partial charge in [0.15, 0.2) is 0 Å². The van der Waals surface area contributed by atoms with Gasteiger partial charge >= 0.3 is 6.03 Å². The molecule has 0 radical (unpaired) electrons. The van der Waals surface area contributed by atoms with Crippen LogP contribution < -0.4 is 10.6 Å². The maximum atomic E-state index is 11.3. The Bertz CT molecular complexity index is 581. The minimum Gasteiger partial charge on any atom is -0.337 e. The molecule has 0 aliphatic carbocycles. The molecule has 4 nitrogen and oxygen atoms in total. The van der Waals surface area contributed by atoms with Crippen molar-refractivity contribution >= 4 is 16.8 Å². The van der Waals surface area contributed by atoms with Crippen molar-refractivity contribution in [3.8, 4) is 0 Å². The second-order valence-electron chi connectivity index (χ2n) is 4.98. The maximum Gasteiger partial charge on any atom is 0.316 e. The zero-order chi connectivity index (χ0) is 14.4. The molecule has 0 bridgehead atoms. The Morgan fingerprint density at radius 3 is 2.55 bits per heavy atom. The van der Waals surface area contributed by atoms with Crippen LogP contribution >= 0.6 is 0 Å². The molecule has 2 aromatic carbocycles. The van der Waals surface area contributed by atoms with Crippen LogP contribution in [-0.2, 0) is 6.54 Å². The fourth-order valence-corrected chi connectivity index (χ4v) is 2.00. The van der Waals surface area contributed by atoms with E-state index in [1.54, 1.807) is 14.1 Å². The van der Waals surface area contributed by atoms with E-state index in [1.807, 2.05) is 6.07 Å². The third-order valence-corrected chi connectivity index (χ3v) is 3.13. The van der Waals surface area contributed by atoms with Crippen molar-refractivity contribution in [3.05, 3.63) is 48.0 Å². The van der Waals surface area contributed by atoms with Crippen LogP contribution in [0, 0.1) is 0 Å². The van der Waals surface area contributed by atoms with Crippen molar-refractivity contribution in [1.29, 1.82) is 0 Å². The highest BCUT2D eigenvalue weighted by Gasteiger charge is 2.00. The van der Waals surface area contributed by atoms with Gasteiger partial charge < -0.3 is 15.5 Å². The lowest BCUT2D eigenvalue weighted by molar-refractivity contribution is 0.217. The van der Waals surface area contributed by atoms with Crippen molar-refractivity contribution in [2.75, 3.05) is 27.2 Å². The van der Waals surface area contributed by atoms with Crippen LogP contribution in [0.15, 0.2) is 42.5 Å². The highest BCUT2D eigenvalue weighted by atomic mass is 16.2. The average molecular weight is 271 g/mol. The highest BCUT2D eigenvalue weighted by Crippen LogP contribution is 2.15. The summed E-state index contributed by atoms with van der Waals surface area (Å²) in [5.74, 6) is 0. The summed E-state index contributed by atoms with van der Waals surface area (Å²) >= 11 is 0. The second-order valence-corrected chi connectivity index (χ2v) is 4.98. The molecule has 0 unspecified atom stereocenters. The number of rotatable bonds is 5. The van der Waals surface area contributed by atoms with Gasteiger partial charge in [0.25, 0.3) is 0 Å². The summed E-state index contributed by atoms with van der Waals surface area (Å²) in [7, 11) is 3.47. The topological polar surface area (TPSA) is 44.4 Å². The standard InChI is InChI=1S/C16H21N3O/c1-19(2)16(20)18-10-9-17-12-13-7-8-14-5-3-4-6-15(14)11-13/h3-8,11,17H,9-10,12H2,1-2H3,(H,18,20). The number of fused-ring (bicyclic) bond motifs is 1. The number of carbonyl (C=O) groups is 1. The molecule has 20 heavy (non-hydrogen) atoms. The number of benzene rings is 2. The van der Waals surface area contributed by atoms with E-state index in [2.05, 4.69) is 47.0 Å². The highest BCUT2D eigenvalue weighted by molar-refractivity contribution is 5.82. The van der Waals surface area contributed by atoms with E-state index in [1.165, 1.54) is 21.2 Å². The molecule has 2 N–H and O–H groups in total. The van der Waals surface area contributed by atoms with E-state index in [-0.39, 0.29) is 6.03 Å². The van der Waals surface area contributed by atoms with Crippen molar-refractivity contribution in [1.82, 2.24) is 15.5 Å². The molecule has 0 aliphatic rings. The number of nitrogens with one attached hydrogen (secondary N) is 2. The lowest BCUT2D eigenvalue weighted by atomic mass is 10.1. The van der Waals surface area contributed by atoms with Crippen molar-refractivity contribution in [2.24, 2.45) is 0 Å². The van der Waals surface area contributed by atoms with Crippen LogP contribution in [0.5, 0.6) is 0 Å². The summed E-state index contributed by atoms with van der Waals surface area (Å²) in [6.45, 7) is 2.19. The lowest BCUT2D eigenvalue weighted by Crippen LogP contribution is -2.38. The molecule has 0 aliphatic heterocycles. The predicted octanol–water partition coefficient (Wildman–Crippen LogP) is 2.20. The Balaban J connectivity index is 1.77.